The SMILES string of the molecule is NN[C@@H](CCCCNC(=O)CC[C@H](NC(=O)CCCNC(=O)COCCOCCNC(=O)COCCOCCNC(=O)CCCNC(=O)CCCCCCCCCCCCCCCCC(=O)O)C(=O)O)C(=O)O. The Hall–Kier alpha value is -5.01. The van der Waals surface area contributed by atoms with Gasteiger partial charge in [-0.15, -0.1) is 0 Å². The fourth-order valence-electron chi connectivity index (χ4n) is 7.08. The molecule has 0 rings (SSSR count). The van der Waals surface area contributed by atoms with Crippen molar-refractivity contribution in [3.8, 4) is 0 Å². The number of carbonyl (C=O) groups excluding carboxylic acids is 6. The molecule has 0 aromatic heterocycles. The first-order valence-corrected chi connectivity index (χ1v) is 26.3. The Bertz CT molecular complexity index is 1530. The molecule has 0 aliphatic heterocycles. The van der Waals surface area contributed by atoms with Crippen molar-refractivity contribution in [1.82, 2.24) is 37.3 Å². The molecule has 24 heteroatoms. The van der Waals surface area contributed by atoms with Crippen molar-refractivity contribution in [1.29, 1.82) is 0 Å². The van der Waals surface area contributed by atoms with Crippen LogP contribution in [-0.2, 0) is 62.1 Å². The number of nitrogens with two attached hydrogens (primary N) is 1. The van der Waals surface area contributed by atoms with Crippen molar-refractivity contribution in [3.63, 3.8) is 0 Å². The van der Waals surface area contributed by atoms with Crippen LogP contribution in [0.2, 0.25) is 0 Å². The number of unbranched alkanes of at least 4 members (excludes halogenated alkanes) is 14. The number of nitrogens with one attached hydrogen (secondary N) is 7. The Labute approximate surface area is 431 Å². The monoisotopic (exact) mass is 1050 g/mol. The smallest absolute Gasteiger partial charge is 0.326 e. The molecular weight excluding hydrogens is 957 g/mol. The summed E-state index contributed by atoms with van der Waals surface area (Å²) in [6.07, 6.45) is 18.7. The Morgan fingerprint density at radius 3 is 1.18 bits per heavy atom. The van der Waals surface area contributed by atoms with E-state index >= 15 is 0 Å². The third-order valence-corrected chi connectivity index (χ3v) is 11.2. The molecule has 6 amide bonds. The minimum absolute atomic E-state index is 0.0182. The molecule has 0 aliphatic carbocycles. The number of amides is 6. The van der Waals surface area contributed by atoms with E-state index in [1.54, 1.807) is 0 Å². The zero-order chi connectivity index (χ0) is 54.0. The van der Waals surface area contributed by atoms with E-state index in [1.807, 2.05) is 0 Å². The largest absolute Gasteiger partial charge is 0.481 e. The maximum atomic E-state index is 12.3. The van der Waals surface area contributed by atoms with Crippen molar-refractivity contribution >= 4 is 53.4 Å². The molecule has 0 aromatic carbocycles. The summed E-state index contributed by atoms with van der Waals surface area (Å²) in [4.78, 5) is 106. The van der Waals surface area contributed by atoms with Crippen LogP contribution in [0.5, 0.6) is 0 Å². The first-order chi connectivity index (χ1) is 35.2. The molecule has 0 saturated heterocycles. The van der Waals surface area contributed by atoms with Crippen molar-refractivity contribution in [3.05, 3.63) is 0 Å². The molecule has 2 atom stereocenters. The second-order valence-corrected chi connectivity index (χ2v) is 17.7. The van der Waals surface area contributed by atoms with Crippen LogP contribution in [0.1, 0.15) is 161 Å². The number of carbonyl (C=O) groups is 9. The molecular formula is C49H90N8O16. The van der Waals surface area contributed by atoms with E-state index < -0.39 is 47.7 Å². The van der Waals surface area contributed by atoms with Gasteiger partial charge in [-0.3, -0.25) is 44.2 Å². The van der Waals surface area contributed by atoms with Crippen LogP contribution in [0, 0.1) is 0 Å². The molecule has 24 nitrogen and oxygen atoms in total. The fraction of sp³-hybridized carbons (Fsp3) is 0.816. The third kappa shape index (κ3) is 47.7. The van der Waals surface area contributed by atoms with E-state index in [2.05, 4.69) is 37.3 Å². The Kier molecular flexibility index (Phi) is 45.8. The lowest BCUT2D eigenvalue weighted by atomic mass is 10.0. The van der Waals surface area contributed by atoms with E-state index in [-0.39, 0.29) is 129 Å². The number of hydrazine groups is 1. The zero-order valence-corrected chi connectivity index (χ0v) is 43.3. The Morgan fingerprint density at radius 1 is 0.342 bits per heavy atom. The van der Waals surface area contributed by atoms with Crippen LogP contribution in [0.15, 0.2) is 0 Å². The molecule has 0 unspecified atom stereocenters. The number of carboxylic acid groups (broad SMARTS) is 3. The maximum Gasteiger partial charge on any atom is 0.326 e. The van der Waals surface area contributed by atoms with Crippen LogP contribution in [-0.4, -0.2) is 166 Å². The Morgan fingerprint density at radius 2 is 0.712 bits per heavy atom. The number of hydrogen-bond acceptors (Lipinski definition) is 15. The molecule has 0 aromatic rings. The highest BCUT2D eigenvalue weighted by atomic mass is 16.5. The van der Waals surface area contributed by atoms with Gasteiger partial charge in [-0.2, -0.15) is 0 Å². The zero-order valence-electron chi connectivity index (χ0n) is 43.3. The lowest BCUT2D eigenvalue weighted by Gasteiger charge is -2.15. The van der Waals surface area contributed by atoms with Gasteiger partial charge in [0.2, 0.25) is 35.4 Å². The third-order valence-electron chi connectivity index (χ3n) is 11.2. The van der Waals surface area contributed by atoms with Gasteiger partial charge in [-0.25, -0.2) is 10.2 Å². The van der Waals surface area contributed by atoms with Gasteiger partial charge in [0.05, 0.1) is 39.6 Å². The van der Waals surface area contributed by atoms with Crippen LogP contribution in [0.4, 0.5) is 0 Å². The number of carboxylic acids is 3. The van der Waals surface area contributed by atoms with Gasteiger partial charge in [-0.1, -0.05) is 77.0 Å². The molecule has 0 radical (unpaired) electrons. The normalized spacial score (nSPS) is 11.8. The van der Waals surface area contributed by atoms with Crippen LogP contribution >= 0.6 is 0 Å². The molecule has 0 heterocycles. The summed E-state index contributed by atoms with van der Waals surface area (Å²) in [6, 6.07) is -2.16. The predicted octanol–water partition coefficient (Wildman–Crippen LogP) is 1.96. The highest BCUT2D eigenvalue weighted by Crippen LogP contribution is 2.14. The second kappa shape index (κ2) is 49.2. The number of aliphatic carboxylic acids is 3. The summed E-state index contributed by atoms with van der Waals surface area (Å²) < 4.78 is 21.4. The van der Waals surface area contributed by atoms with Crippen molar-refractivity contribution in [2.45, 2.75) is 173 Å². The summed E-state index contributed by atoms with van der Waals surface area (Å²) in [7, 11) is 0. The highest BCUT2D eigenvalue weighted by molar-refractivity contribution is 5.84. The number of hydrogen-bond donors (Lipinski definition) is 11. The van der Waals surface area contributed by atoms with E-state index in [1.165, 1.54) is 51.4 Å². The van der Waals surface area contributed by atoms with Gasteiger partial charge >= 0.3 is 17.9 Å². The van der Waals surface area contributed by atoms with Crippen molar-refractivity contribution in [2.24, 2.45) is 5.84 Å². The Balaban J connectivity index is 3.61. The molecule has 0 saturated carbocycles. The molecule has 0 bridgehead atoms. The van der Waals surface area contributed by atoms with Crippen LogP contribution in [0.3, 0.4) is 0 Å². The van der Waals surface area contributed by atoms with Gasteiger partial charge in [0.25, 0.3) is 0 Å². The minimum atomic E-state index is -1.29. The van der Waals surface area contributed by atoms with Crippen LogP contribution in [0.25, 0.3) is 0 Å². The maximum absolute atomic E-state index is 12.3. The molecule has 0 fully saturated rings. The highest BCUT2D eigenvalue weighted by Gasteiger charge is 2.21. The first kappa shape index (κ1) is 68.0. The lowest BCUT2D eigenvalue weighted by Crippen LogP contribution is -2.42. The number of rotatable bonds is 53. The van der Waals surface area contributed by atoms with E-state index in [4.69, 9.17) is 35.0 Å². The van der Waals surface area contributed by atoms with E-state index in [0.717, 1.165) is 38.5 Å². The average molecular weight is 1050 g/mol. The van der Waals surface area contributed by atoms with Gasteiger partial charge in [0, 0.05) is 64.8 Å². The van der Waals surface area contributed by atoms with Crippen LogP contribution < -0.4 is 43.2 Å². The summed E-state index contributed by atoms with van der Waals surface area (Å²) >= 11 is 0. The van der Waals surface area contributed by atoms with Gasteiger partial charge in [0.15, 0.2) is 0 Å². The van der Waals surface area contributed by atoms with Crippen molar-refractivity contribution in [2.75, 3.05) is 85.6 Å². The molecule has 0 aliphatic rings. The molecule has 0 spiro atoms. The van der Waals surface area contributed by atoms with E-state index in [0.29, 0.717) is 45.2 Å². The standard InChI is InChI=1S/C49H90N8O16/c50-57-40(49(68)69)19-15-16-26-51-43(60)25-24-39(48(66)67)56-44(61)22-18-28-53-45(62)37-72-35-34-71-32-30-55-46(63)38-73-36-33-70-31-29-54-42(59)21-17-27-52-41(58)20-13-11-9-7-5-3-1-2-4-6-8-10-12-14-23-47(64)65/h39-40,57H,1-38,50H2,(H,51,60)(H,52,58)(H,53,62)(H,54,59)(H,55,63)(H,56,61)(H,64,65)(H,66,67)(H,68,69)/t39-,40-/m0/s1. The van der Waals surface area contributed by atoms with E-state index in [9.17, 15) is 48.3 Å². The lowest BCUT2D eigenvalue weighted by molar-refractivity contribution is -0.142. The second-order valence-electron chi connectivity index (χ2n) is 17.7. The summed E-state index contributed by atoms with van der Waals surface area (Å²) in [5, 5.41) is 43.0. The summed E-state index contributed by atoms with van der Waals surface area (Å²) in [5.74, 6) is 0.300. The van der Waals surface area contributed by atoms with Gasteiger partial charge in [-0.05, 0) is 51.4 Å². The fourth-order valence-corrected chi connectivity index (χ4v) is 7.08. The summed E-state index contributed by atoms with van der Waals surface area (Å²) in [5.41, 5.74) is 2.19. The van der Waals surface area contributed by atoms with Gasteiger partial charge in [0.1, 0.15) is 25.3 Å². The summed E-state index contributed by atoms with van der Waals surface area (Å²) in [6.45, 7) is 2.27. The minimum Gasteiger partial charge on any atom is -0.481 e. The number of ether oxygens (including phenoxy) is 4. The average Bonchev–Trinajstić information content (AvgIpc) is 3.35. The van der Waals surface area contributed by atoms with Gasteiger partial charge < -0.3 is 66.2 Å². The van der Waals surface area contributed by atoms with Crippen molar-refractivity contribution < 1.29 is 77.4 Å². The molecule has 422 valence electrons. The predicted molar refractivity (Wildman–Crippen MR) is 270 cm³/mol. The first-order valence-electron chi connectivity index (χ1n) is 26.3. The topological polar surface area (TPSA) is 361 Å². The quantitative estimate of drug-likeness (QED) is 0.0236. The molecule has 73 heavy (non-hydrogen) atoms. The molecule has 12 N–H and O–H groups in total.